The molecule has 0 spiro atoms. The van der Waals surface area contributed by atoms with Crippen LogP contribution in [0.2, 0.25) is 0 Å². The number of hydrogen-bond donors (Lipinski definition) is 1. The van der Waals surface area contributed by atoms with E-state index >= 15 is 0 Å². The molecule has 1 fully saturated rings. The highest BCUT2D eigenvalue weighted by Gasteiger charge is 2.38. The fourth-order valence-electron chi connectivity index (χ4n) is 3.02. The minimum absolute atomic E-state index is 0.0163. The molecule has 1 N–H and O–H groups in total. The van der Waals surface area contributed by atoms with Gasteiger partial charge in [-0.25, -0.2) is 0 Å². The third kappa shape index (κ3) is 2.83. The predicted octanol–water partition coefficient (Wildman–Crippen LogP) is 1.45. The monoisotopic (exact) mass is 291 g/mol. The Hall–Kier alpha value is -1.75. The first kappa shape index (κ1) is 14.2. The summed E-state index contributed by atoms with van der Waals surface area (Å²) in [6.07, 6.45) is 0.812. The largest absolute Gasteiger partial charge is 0.482 e. The third-order valence-electron chi connectivity index (χ3n) is 4.22. The summed E-state index contributed by atoms with van der Waals surface area (Å²) in [6.45, 7) is 3.48. The second-order valence-electron chi connectivity index (χ2n) is 5.76. The summed E-state index contributed by atoms with van der Waals surface area (Å²) >= 11 is 0. The summed E-state index contributed by atoms with van der Waals surface area (Å²) in [5, 5.41) is 9.00. The van der Waals surface area contributed by atoms with Crippen molar-refractivity contribution in [3.63, 3.8) is 0 Å². The first-order valence-corrected chi connectivity index (χ1v) is 7.51. The lowest BCUT2D eigenvalue weighted by molar-refractivity contribution is -0.143. The van der Waals surface area contributed by atoms with Crippen LogP contribution in [-0.2, 0) is 4.79 Å². The number of aliphatic hydroxyl groups excluding tert-OH is 1. The van der Waals surface area contributed by atoms with Crippen molar-refractivity contribution in [2.24, 2.45) is 5.92 Å². The first-order chi connectivity index (χ1) is 10.2. The maximum atomic E-state index is 12.6. The smallest absolute Gasteiger partial charge is 0.267 e. The molecule has 0 bridgehead atoms. The maximum Gasteiger partial charge on any atom is 0.267 e. The number of rotatable bonds is 3. The van der Waals surface area contributed by atoms with Crippen LogP contribution in [-0.4, -0.2) is 47.8 Å². The maximum absolute atomic E-state index is 12.6. The summed E-state index contributed by atoms with van der Waals surface area (Å²) in [7, 11) is 0. The number of para-hydroxylation sites is 2. The number of amides is 1. The number of ether oxygens (including phenoxy) is 2. The molecule has 1 aromatic rings. The average Bonchev–Trinajstić information content (AvgIpc) is 2.95. The number of aliphatic hydroxyl groups is 1. The van der Waals surface area contributed by atoms with Gasteiger partial charge in [0.2, 0.25) is 6.10 Å². The SMILES string of the molecule is CC1Oc2ccccc2OC1C(=O)N1CCC(CCO)C1. The first-order valence-electron chi connectivity index (χ1n) is 7.51. The van der Waals surface area contributed by atoms with Crippen molar-refractivity contribution in [3.05, 3.63) is 24.3 Å². The lowest BCUT2D eigenvalue weighted by Crippen LogP contribution is -2.50. The Kier molecular flexibility index (Phi) is 4.01. The van der Waals surface area contributed by atoms with Crippen molar-refractivity contribution in [1.82, 2.24) is 4.90 Å². The van der Waals surface area contributed by atoms with E-state index in [2.05, 4.69) is 0 Å². The van der Waals surface area contributed by atoms with Gasteiger partial charge in [-0.05, 0) is 37.8 Å². The number of nitrogens with zero attached hydrogens (tertiary/aromatic N) is 1. The number of hydrogen-bond acceptors (Lipinski definition) is 4. The normalized spacial score (nSPS) is 27.7. The Morgan fingerprint density at radius 2 is 2.05 bits per heavy atom. The van der Waals surface area contributed by atoms with Crippen LogP contribution in [0.4, 0.5) is 0 Å². The zero-order valence-corrected chi connectivity index (χ0v) is 12.2. The summed E-state index contributed by atoms with van der Waals surface area (Å²) in [5.41, 5.74) is 0. The van der Waals surface area contributed by atoms with E-state index in [4.69, 9.17) is 14.6 Å². The van der Waals surface area contributed by atoms with Crippen LogP contribution in [0.15, 0.2) is 24.3 Å². The van der Waals surface area contributed by atoms with E-state index in [-0.39, 0.29) is 18.6 Å². The molecule has 21 heavy (non-hydrogen) atoms. The van der Waals surface area contributed by atoms with Crippen molar-refractivity contribution in [1.29, 1.82) is 0 Å². The summed E-state index contributed by atoms with van der Waals surface area (Å²) in [6, 6.07) is 7.42. The molecule has 5 nitrogen and oxygen atoms in total. The van der Waals surface area contributed by atoms with Gasteiger partial charge in [-0.3, -0.25) is 4.79 Å². The van der Waals surface area contributed by atoms with E-state index in [9.17, 15) is 4.79 Å². The minimum Gasteiger partial charge on any atom is -0.482 e. The van der Waals surface area contributed by atoms with E-state index in [1.165, 1.54) is 0 Å². The average molecular weight is 291 g/mol. The molecule has 5 heteroatoms. The summed E-state index contributed by atoms with van der Waals surface area (Å²) < 4.78 is 11.6. The van der Waals surface area contributed by atoms with Crippen LogP contribution in [0.1, 0.15) is 19.8 Å². The van der Waals surface area contributed by atoms with Gasteiger partial charge in [-0.2, -0.15) is 0 Å². The number of likely N-dealkylation sites (tertiary alicyclic amines) is 1. The molecule has 1 aromatic carbocycles. The zero-order valence-electron chi connectivity index (χ0n) is 12.2. The molecule has 3 rings (SSSR count). The van der Waals surface area contributed by atoms with Crippen LogP contribution >= 0.6 is 0 Å². The second kappa shape index (κ2) is 5.93. The molecule has 1 saturated heterocycles. The van der Waals surface area contributed by atoms with Crippen molar-refractivity contribution >= 4 is 5.91 Å². The molecule has 114 valence electrons. The van der Waals surface area contributed by atoms with E-state index in [0.717, 1.165) is 19.4 Å². The zero-order chi connectivity index (χ0) is 14.8. The molecule has 2 aliphatic rings. The molecule has 0 saturated carbocycles. The molecule has 2 aliphatic heterocycles. The Balaban J connectivity index is 1.68. The van der Waals surface area contributed by atoms with Gasteiger partial charge in [0.05, 0.1) is 0 Å². The number of benzene rings is 1. The van der Waals surface area contributed by atoms with Crippen molar-refractivity contribution in [2.45, 2.75) is 32.0 Å². The Morgan fingerprint density at radius 1 is 1.33 bits per heavy atom. The highest BCUT2D eigenvalue weighted by molar-refractivity contribution is 5.82. The lowest BCUT2D eigenvalue weighted by atomic mass is 10.1. The second-order valence-corrected chi connectivity index (χ2v) is 5.76. The molecule has 0 aromatic heterocycles. The topological polar surface area (TPSA) is 59.0 Å². The highest BCUT2D eigenvalue weighted by Crippen LogP contribution is 2.34. The standard InChI is InChI=1S/C16H21NO4/c1-11-15(21-14-5-3-2-4-13(14)20-11)16(19)17-8-6-12(10-17)7-9-18/h2-5,11-12,15,18H,6-10H2,1H3. The van der Waals surface area contributed by atoms with Gasteiger partial charge in [-0.15, -0.1) is 0 Å². The van der Waals surface area contributed by atoms with Crippen LogP contribution in [0.5, 0.6) is 11.5 Å². The molecule has 2 heterocycles. The van der Waals surface area contributed by atoms with E-state index in [1.807, 2.05) is 36.1 Å². The fourth-order valence-corrected chi connectivity index (χ4v) is 3.02. The molecule has 0 aliphatic carbocycles. The molecule has 1 amide bonds. The molecule has 3 atom stereocenters. The van der Waals surface area contributed by atoms with Crippen molar-refractivity contribution in [2.75, 3.05) is 19.7 Å². The molecular weight excluding hydrogens is 270 g/mol. The number of carbonyl (C=O) groups excluding carboxylic acids is 1. The Labute approximate surface area is 124 Å². The van der Waals surface area contributed by atoms with Crippen LogP contribution in [0.25, 0.3) is 0 Å². The van der Waals surface area contributed by atoms with Crippen LogP contribution < -0.4 is 9.47 Å². The van der Waals surface area contributed by atoms with E-state index in [0.29, 0.717) is 24.0 Å². The number of fused-ring (bicyclic) bond motifs is 1. The highest BCUT2D eigenvalue weighted by atomic mass is 16.6. The number of carbonyl (C=O) groups is 1. The van der Waals surface area contributed by atoms with Crippen LogP contribution in [0.3, 0.4) is 0 Å². The lowest BCUT2D eigenvalue weighted by Gasteiger charge is -2.33. The van der Waals surface area contributed by atoms with Crippen molar-refractivity contribution < 1.29 is 19.4 Å². The van der Waals surface area contributed by atoms with Gasteiger partial charge in [0.1, 0.15) is 6.10 Å². The van der Waals surface area contributed by atoms with Gasteiger partial charge in [0, 0.05) is 19.7 Å². The minimum atomic E-state index is -0.590. The van der Waals surface area contributed by atoms with Gasteiger partial charge < -0.3 is 19.5 Å². The van der Waals surface area contributed by atoms with Crippen LogP contribution in [0, 0.1) is 5.92 Å². The van der Waals surface area contributed by atoms with Crippen molar-refractivity contribution in [3.8, 4) is 11.5 Å². The summed E-state index contributed by atoms with van der Waals surface area (Å²) in [5.74, 6) is 1.69. The van der Waals surface area contributed by atoms with E-state index < -0.39 is 6.10 Å². The van der Waals surface area contributed by atoms with Gasteiger partial charge in [-0.1, -0.05) is 12.1 Å². The molecule has 0 radical (unpaired) electrons. The summed E-state index contributed by atoms with van der Waals surface area (Å²) in [4.78, 5) is 14.5. The Morgan fingerprint density at radius 3 is 2.76 bits per heavy atom. The van der Waals surface area contributed by atoms with Gasteiger partial charge >= 0.3 is 0 Å². The van der Waals surface area contributed by atoms with Gasteiger partial charge in [0.15, 0.2) is 11.5 Å². The molecule has 3 unspecified atom stereocenters. The fraction of sp³-hybridized carbons (Fsp3) is 0.562. The van der Waals surface area contributed by atoms with E-state index in [1.54, 1.807) is 0 Å². The van der Waals surface area contributed by atoms with Gasteiger partial charge in [0.25, 0.3) is 5.91 Å². The third-order valence-corrected chi connectivity index (χ3v) is 4.22. The quantitative estimate of drug-likeness (QED) is 0.915. The molecular formula is C16H21NO4. The Bertz CT molecular complexity index is 519. The predicted molar refractivity (Wildman–Crippen MR) is 77.3 cm³/mol.